The van der Waals surface area contributed by atoms with E-state index in [1.165, 1.54) is 22.9 Å². The van der Waals surface area contributed by atoms with Crippen molar-refractivity contribution >= 4 is 37.8 Å². The van der Waals surface area contributed by atoms with Crippen LogP contribution < -0.4 is 5.73 Å². The Morgan fingerprint density at radius 1 is 1.36 bits per heavy atom. The molecule has 5 N–H and O–H groups in total. The number of anilines is 1. The summed E-state index contributed by atoms with van der Waals surface area (Å²) in [7, 11) is -4.71. The number of hydrogen-bond acceptors (Lipinski definition) is 8. The number of carbonyl (C=O) groups is 2. The van der Waals surface area contributed by atoms with Crippen molar-refractivity contribution in [2.75, 3.05) is 12.3 Å². The van der Waals surface area contributed by atoms with Gasteiger partial charge in [-0.15, -0.1) is 11.8 Å². The molecule has 1 aliphatic carbocycles. The van der Waals surface area contributed by atoms with Gasteiger partial charge in [0.05, 0.1) is 19.1 Å². The summed E-state index contributed by atoms with van der Waals surface area (Å²) in [6.07, 6.45) is 3.28. The Morgan fingerprint density at radius 3 is 2.72 bits per heavy atom. The second kappa shape index (κ2) is 12.0. The molecule has 1 amide bonds. The molecule has 11 nitrogen and oxygen atoms in total. The molecule has 1 aliphatic rings. The van der Waals surface area contributed by atoms with Gasteiger partial charge in [-0.3, -0.25) is 14.1 Å². The van der Waals surface area contributed by atoms with Gasteiger partial charge in [-0.05, 0) is 37.8 Å². The van der Waals surface area contributed by atoms with Crippen LogP contribution in [0.25, 0.3) is 0 Å². The number of nitrogens with two attached hydrogens (primary N) is 1. The van der Waals surface area contributed by atoms with Crippen LogP contribution in [0.1, 0.15) is 47.5 Å². The zero-order valence-corrected chi connectivity index (χ0v) is 21.6. The Hall–Kier alpha value is -2.76. The van der Waals surface area contributed by atoms with Crippen molar-refractivity contribution in [1.82, 2.24) is 14.9 Å². The van der Waals surface area contributed by atoms with E-state index in [4.69, 9.17) is 15.5 Å². The SMILES string of the molecule is C/C(=C(\CCOP(=O)(O)O)SC1c2ccccc2CCC1C(=O)O)N(C=O)Cc1cnc(C)nc1N. The molecule has 1 aromatic heterocycles. The summed E-state index contributed by atoms with van der Waals surface area (Å²) in [6, 6.07) is 7.61. The predicted octanol–water partition coefficient (Wildman–Crippen LogP) is 3.18. The molecule has 1 heterocycles. The Balaban J connectivity index is 1.98. The lowest BCUT2D eigenvalue weighted by Crippen LogP contribution is -2.27. The molecule has 13 heteroatoms. The zero-order valence-electron chi connectivity index (χ0n) is 19.9. The third-order valence-corrected chi connectivity index (χ3v) is 8.09. The van der Waals surface area contributed by atoms with E-state index in [1.54, 1.807) is 13.8 Å². The number of rotatable bonds is 11. The largest absolute Gasteiger partial charge is 0.481 e. The highest BCUT2D eigenvalue weighted by atomic mass is 32.2. The second-order valence-corrected chi connectivity index (χ2v) is 10.8. The third-order valence-electron chi connectivity index (χ3n) is 5.95. The van der Waals surface area contributed by atoms with Crippen molar-refractivity contribution in [2.24, 2.45) is 5.92 Å². The van der Waals surface area contributed by atoms with E-state index in [1.807, 2.05) is 24.3 Å². The molecular formula is C23H29N4O7PS. The summed E-state index contributed by atoms with van der Waals surface area (Å²) in [5.41, 5.74) is 8.94. The average Bonchev–Trinajstić information content (AvgIpc) is 2.81. The van der Waals surface area contributed by atoms with Crippen molar-refractivity contribution in [3.63, 3.8) is 0 Å². The summed E-state index contributed by atoms with van der Waals surface area (Å²) in [4.78, 5) is 52.7. The number of carbonyl (C=O) groups excluding carboxylic acids is 1. The van der Waals surface area contributed by atoms with Gasteiger partial charge in [0, 0.05) is 34.0 Å². The highest BCUT2D eigenvalue weighted by Gasteiger charge is 2.36. The minimum absolute atomic E-state index is 0.0524. The van der Waals surface area contributed by atoms with E-state index in [0.717, 1.165) is 11.1 Å². The van der Waals surface area contributed by atoms with Crippen LogP contribution in [0.5, 0.6) is 0 Å². The first-order chi connectivity index (χ1) is 17.0. The average molecular weight is 537 g/mol. The first-order valence-corrected chi connectivity index (χ1v) is 13.6. The lowest BCUT2D eigenvalue weighted by atomic mass is 9.83. The third kappa shape index (κ3) is 7.14. The Kier molecular flexibility index (Phi) is 9.26. The van der Waals surface area contributed by atoms with Crippen LogP contribution in [0.15, 0.2) is 41.1 Å². The van der Waals surface area contributed by atoms with Crippen molar-refractivity contribution < 1.29 is 33.6 Å². The van der Waals surface area contributed by atoms with Gasteiger partial charge in [0.1, 0.15) is 11.6 Å². The number of phosphoric acid groups is 1. The van der Waals surface area contributed by atoms with E-state index >= 15 is 0 Å². The van der Waals surface area contributed by atoms with Crippen LogP contribution in [0.4, 0.5) is 5.82 Å². The summed E-state index contributed by atoms with van der Waals surface area (Å²) in [6.45, 7) is 3.12. The van der Waals surface area contributed by atoms with Gasteiger partial charge in [0.25, 0.3) is 0 Å². The number of carboxylic acid groups (broad SMARTS) is 1. The molecule has 194 valence electrons. The van der Waals surface area contributed by atoms with Gasteiger partial charge in [-0.2, -0.15) is 0 Å². The molecular weight excluding hydrogens is 507 g/mol. The molecule has 0 aliphatic heterocycles. The fraction of sp³-hybridized carbons (Fsp3) is 0.391. The standard InChI is InChI=1S/C23H29N4O7PS/c1-14(27(13-28)12-17-11-25-15(2)26-22(17)24)20(9-10-34-35(31,32)33)36-21-18-6-4-3-5-16(18)7-8-19(21)23(29)30/h3-6,11,13,19,21H,7-10,12H2,1-2H3,(H,29,30)(H2,24,25,26)(H2,31,32,33)/b20-14-. The van der Waals surface area contributed by atoms with Gasteiger partial charge in [0.2, 0.25) is 6.41 Å². The summed E-state index contributed by atoms with van der Waals surface area (Å²) >= 11 is 1.27. The maximum Gasteiger partial charge on any atom is 0.469 e. The Morgan fingerprint density at radius 2 is 2.08 bits per heavy atom. The number of fused-ring (bicyclic) bond motifs is 1. The summed E-state index contributed by atoms with van der Waals surface area (Å²) in [5, 5.41) is 9.46. The van der Waals surface area contributed by atoms with E-state index in [2.05, 4.69) is 14.5 Å². The number of aryl methyl sites for hydroxylation is 2. The Bertz CT molecular complexity index is 1200. The quantitative estimate of drug-likeness (QED) is 0.245. The van der Waals surface area contributed by atoms with Crippen molar-refractivity contribution in [3.05, 3.63) is 63.6 Å². The van der Waals surface area contributed by atoms with Crippen molar-refractivity contribution in [3.8, 4) is 0 Å². The molecule has 2 atom stereocenters. The van der Waals surface area contributed by atoms with E-state index in [0.29, 0.717) is 41.2 Å². The number of amides is 1. The number of thioether (sulfide) groups is 1. The summed E-state index contributed by atoms with van der Waals surface area (Å²) in [5.74, 6) is -0.889. The predicted molar refractivity (Wildman–Crippen MR) is 134 cm³/mol. The monoisotopic (exact) mass is 536 g/mol. The normalized spacial score (nSPS) is 18.2. The number of hydrogen-bond donors (Lipinski definition) is 4. The molecule has 0 saturated carbocycles. The first kappa shape index (κ1) is 27.8. The van der Waals surface area contributed by atoms with Crippen LogP contribution in [-0.4, -0.2) is 48.7 Å². The zero-order chi connectivity index (χ0) is 26.5. The number of benzene rings is 1. The smallest absolute Gasteiger partial charge is 0.469 e. The van der Waals surface area contributed by atoms with E-state index in [-0.39, 0.29) is 25.4 Å². The maximum absolute atomic E-state index is 12.1. The highest BCUT2D eigenvalue weighted by Crippen LogP contribution is 2.49. The molecule has 0 saturated heterocycles. The number of nitrogens with zero attached hydrogens (tertiary/aromatic N) is 3. The van der Waals surface area contributed by atoms with Crippen molar-refractivity contribution in [1.29, 1.82) is 0 Å². The van der Waals surface area contributed by atoms with Gasteiger partial charge in [-0.25, -0.2) is 14.5 Å². The molecule has 3 rings (SSSR count). The molecule has 36 heavy (non-hydrogen) atoms. The Labute approximate surface area is 213 Å². The van der Waals surface area contributed by atoms with Gasteiger partial charge < -0.3 is 25.5 Å². The molecule has 1 aromatic carbocycles. The van der Waals surface area contributed by atoms with E-state index < -0.39 is 25.0 Å². The minimum atomic E-state index is -4.71. The number of aromatic nitrogens is 2. The van der Waals surface area contributed by atoms with Crippen LogP contribution >= 0.6 is 19.6 Å². The van der Waals surface area contributed by atoms with Crippen LogP contribution in [-0.2, 0) is 31.6 Å². The molecule has 0 fully saturated rings. The van der Waals surface area contributed by atoms with Gasteiger partial charge >= 0.3 is 13.8 Å². The summed E-state index contributed by atoms with van der Waals surface area (Å²) < 4.78 is 15.9. The lowest BCUT2D eigenvalue weighted by molar-refractivity contribution is -0.142. The highest BCUT2D eigenvalue weighted by molar-refractivity contribution is 8.03. The molecule has 0 bridgehead atoms. The van der Waals surface area contributed by atoms with Gasteiger partial charge in [-0.1, -0.05) is 24.3 Å². The number of allylic oxidation sites excluding steroid dienone is 1. The fourth-order valence-corrected chi connectivity index (χ4v) is 5.96. The molecule has 0 radical (unpaired) electrons. The number of phosphoric ester groups is 1. The molecule has 0 spiro atoms. The van der Waals surface area contributed by atoms with Gasteiger partial charge in [0.15, 0.2) is 0 Å². The van der Waals surface area contributed by atoms with Crippen LogP contribution in [0, 0.1) is 12.8 Å². The van der Waals surface area contributed by atoms with Crippen LogP contribution in [0.3, 0.4) is 0 Å². The second-order valence-electron chi connectivity index (χ2n) is 8.36. The number of nitrogen functional groups attached to an aromatic ring is 1. The topological polar surface area (TPSA) is 176 Å². The van der Waals surface area contributed by atoms with Crippen LogP contribution in [0.2, 0.25) is 0 Å². The lowest BCUT2D eigenvalue weighted by Gasteiger charge is -2.32. The van der Waals surface area contributed by atoms with E-state index in [9.17, 15) is 19.3 Å². The minimum Gasteiger partial charge on any atom is -0.481 e. The first-order valence-electron chi connectivity index (χ1n) is 11.2. The molecule has 2 aromatic rings. The van der Waals surface area contributed by atoms with Crippen molar-refractivity contribution in [2.45, 2.75) is 44.9 Å². The number of aliphatic carboxylic acids is 1. The molecule has 2 unspecified atom stereocenters. The fourth-order valence-electron chi connectivity index (χ4n) is 4.07. The maximum atomic E-state index is 12.1. The number of carboxylic acids is 1.